The van der Waals surface area contributed by atoms with Gasteiger partial charge in [-0.2, -0.15) is 0 Å². The van der Waals surface area contributed by atoms with Crippen LogP contribution in [-0.4, -0.2) is 18.7 Å². The quantitative estimate of drug-likeness (QED) is 0.598. The van der Waals surface area contributed by atoms with Crippen LogP contribution in [0.15, 0.2) is 18.6 Å². The second-order valence-electron chi connectivity index (χ2n) is 1.43. The molecule has 6 heteroatoms. The van der Waals surface area contributed by atoms with E-state index in [4.69, 9.17) is 0 Å². The summed E-state index contributed by atoms with van der Waals surface area (Å²) in [6, 6.07) is 0. The number of anilines is 1. The molecule has 1 rings (SSSR count). The van der Waals surface area contributed by atoms with Crippen molar-refractivity contribution in [3.63, 3.8) is 0 Å². The molecule has 0 amide bonds. The van der Waals surface area contributed by atoms with Crippen molar-refractivity contribution in [3.05, 3.63) is 18.6 Å². The lowest BCUT2D eigenvalue weighted by molar-refractivity contribution is 0.542. The summed E-state index contributed by atoms with van der Waals surface area (Å²) in [4.78, 5) is 7.29. The predicted octanol–water partition coefficient (Wildman–Crippen LogP) is -0.317. The summed E-state index contributed by atoms with van der Waals surface area (Å²) in [5, 5.41) is 0. The molecule has 0 bridgehead atoms. The second kappa shape index (κ2) is 3.23. The molecule has 1 aromatic rings. The molecule has 1 atom stereocenters. The zero-order valence-corrected chi connectivity index (χ0v) is 5.67. The van der Waals surface area contributed by atoms with E-state index in [2.05, 4.69) is 9.97 Å². The Balaban J connectivity index is 2.67. The van der Waals surface area contributed by atoms with E-state index in [1.54, 1.807) is 0 Å². The fourth-order valence-corrected chi connectivity index (χ4v) is 0.713. The Morgan fingerprint density at radius 1 is 1.60 bits per heavy atom. The van der Waals surface area contributed by atoms with Gasteiger partial charge in [-0.1, -0.05) is 0 Å². The Morgan fingerprint density at radius 3 is 2.90 bits per heavy atom. The highest BCUT2D eigenvalue weighted by Gasteiger charge is 1.87. The third kappa shape index (κ3) is 2.08. The average Bonchev–Trinajstić information content (AvgIpc) is 1.88. The van der Waals surface area contributed by atoms with Crippen molar-refractivity contribution in [2.24, 2.45) is 0 Å². The molecule has 0 aliphatic carbocycles. The van der Waals surface area contributed by atoms with Crippen LogP contribution in [0.3, 0.4) is 0 Å². The molecule has 0 fully saturated rings. The number of aromatic nitrogens is 2. The number of hydrogen-bond acceptors (Lipinski definition) is 4. The Morgan fingerprint density at radius 2 is 2.40 bits per heavy atom. The molecule has 0 radical (unpaired) electrons. The molecule has 0 aromatic carbocycles. The lowest BCUT2D eigenvalue weighted by Gasteiger charge is -2.04. The van der Waals surface area contributed by atoms with Crippen molar-refractivity contribution in [2.45, 2.75) is 0 Å². The standard InChI is InChI=1S/C4H5N3O2S/c8-10(9)7-4-3-5-1-2-6-4/h1-3H,(H,6,7)(H,8,9)/p-1. The van der Waals surface area contributed by atoms with Crippen LogP contribution in [-0.2, 0) is 11.3 Å². The van der Waals surface area contributed by atoms with Crippen molar-refractivity contribution < 1.29 is 8.76 Å². The maximum atomic E-state index is 9.99. The van der Waals surface area contributed by atoms with Gasteiger partial charge in [0.15, 0.2) is 5.82 Å². The summed E-state index contributed by atoms with van der Waals surface area (Å²) in [5.41, 5.74) is 0. The van der Waals surface area contributed by atoms with Gasteiger partial charge in [-0.25, -0.2) is 4.98 Å². The van der Waals surface area contributed by atoms with Gasteiger partial charge >= 0.3 is 0 Å². The molecule has 0 aliphatic heterocycles. The number of nitrogens with one attached hydrogen (secondary N) is 1. The molecule has 1 aromatic heterocycles. The highest BCUT2D eigenvalue weighted by Crippen LogP contribution is 1.95. The largest absolute Gasteiger partial charge is 0.755 e. The lowest BCUT2D eigenvalue weighted by atomic mass is 10.7. The zero-order chi connectivity index (χ0) is 7.40. The van der Waals surface area contributed by atoms with Crippen LogP contribution in [0, 0.1) is 0 Å². The first-order valence-corrected chi connectivity index (χ1v) is 3.48. The molecule has 1 unspecified atom stereocenters. The van der Waals surface area contributed by atoms with Crippen LogP contribution in [0.4, 0.5) is 5.82 Å². The Bertz CT molecular complexity index is 227. The van der Waals surface area contributed by atoms with Crippen LogP contribution in [0.2, 0.25) is 0 Å². The monoisotopic (exact) mass is 158 g/mol. The van der Waals surface area contributed by atoms with E-state index in [-0.39, 0.29) is 5.82 Å². The molecule has 0 spiro atoms. The summed E-state index contributed by atoms with van der Waals surface area (Å²) >= 11 is -2.32. The van der Waals surface area contributed by atoms with Crippen molar-refractivity contribution in [1.29, 1.82) is 0 Å². The van der Waals surface area contributed by atoms with Crippen molar-refractivity contribution in [2.75, 3.05) is 4.72 Å². The van der Waals surface area contributed by atoms with Crippen LogP contribution in [0.5, 0.6) is 0 Å². The van der Waals surface area contributed by atoms with Gasteiger partial charge < -0.3 is 4.55 Å². The first kappa shape index (κ1) is 7.10. The van der Waals surface area contributed by atoms with Gasteiger partial charge in [-0.15, -0.1) is 0 Å². The van der Waals surface area contributed by atoms with Crippen molar-refractivity contribution >= 4 is 17.1 Å². The summed E-state index contributed by atoms with van der Waals surface area (Å²) in [5.74, 6) is 0.218. The minimum absolute atomic E-state index is 0.218. The Kier molecular flexibility index (Phi) is 2.30. The van der Waals surface area contributed by atoms with E-state index in [1.807, 2.05) is 4.72 Å². The van der Waals surface area contributed by atoms with Gasteiger partial charge in [-0.3, -0.25) is 13.9 Å². The van der Waals surface area contributed by atoms with E-state index in [1.165, 1.54) is 18.6 Å². The van der Waals surface area contributed by atoms with Gasteiger partial charge in [0, 0.05) is 23.7 Å². The molecule has 0 aliphatic rings. The molecule has 10 heavy (non-hydrogen) atoms. The Hall–Kier alpha value is -1.01. The van der Waals surface area contributed by atoms with Gasteiger partial charge in [0.1, 0.15) is 0 Å². The molecule has 54 valence electrons. The van der Waals surface area contributed by atoms with Crippen LogP contribution < -0.4 is 4.72 Å². The summed E-state index contributed by atoms with van der Waals surface area (Å²) < 4.78 is 22.0. The van der Waals surface area contributed by atoms with E-state index >= 15 is 0 Å². The average molecular weight is 158 g/mol. The fraction of sp³-hybridized carbons (Fsp3) is 0. The number of rotatable bonds is 2. The van der Waals surface area contributed by atoms with E-state index in [0.717, 1.165) is 0 Å². The molecule has 1 heterocycles. The zero-order valence-electron chi connectivity index (χ0n) is 4.85. The first-order valence-electron chi connectivity index (χ1n) is 2.41. The minimum Gasteiger partial charge on any atom is -0.755 e. The molecule has 5 nitrogen and oxygen atoms in total. The normalized spacial score (nSPS) is 12.5. The van der Waals surface area contributed by atoms with Crippen molar-refractivity contribution in [1.82, 2.24) is 9.97 Å². The molecule has 1 N–H and O–H groups in total. The maximum Gasteiger partial charge on any atom is 0.155 e. The van der Waals surface area contributed by atoms with Crippen LogP contribution >= 0.6 is 0 Å². The second-order valence-corrected chi connectivity index (χ2v) is 2.10. The topological polar surface area (TPSA) is 77.9 Å². The molecular formula is C4H4N3O2S-. The van der Waals surface area contributed by atoms with Gasteiger partial charge in [0.05, 0.1) is 6.20 Å². The highest BCUT2D eigenvalue weighted by molar-refractivity contribution is 7.80. The molecule has 0 saturated carbocycles. The van der Waals surface area contributed by atoms with Crippen LogP contribution in [0.1, 0.15) is 0 Å². The first-order chi connectivity index (χ1) is 4.79. The van der Waals surface area contributed by atoms with Gasteiger partial charge in [0.25, 0.3) is 0 Å². The maximum absolute atomic E-state index is 9.99. The van der Waals surface area contributed by atoms with Crippen LogP contribution in [0.25, 0.3) is 0 Å². The fourth-order valence-electron chi connectivity index (χ4n) is 0.437. The number of hydrogen-bond donors (Lipinski definition) is 1. The third-order valence-electron chi connectivity index (χ3n) is 0.751. The van der Waals surface area contributed by atoms with Gasteiger partial charge in [-0.05, 0) is 0 Å². The number of nitrogens with zero attached hydrogens (tertiary/aromatic N) is 2. The third-order valence-corrected chi connectivity index (χ3v) is 1.13. The Labute approximate surface area is 59.9 Å². The van der Waals surface area contributed by atoms with Crippen molar-refractivity contribution in [3.8, 4) is 0 Å². The molecule has 0 saturated heterocycles. The lowest BCUT2D eigenvalue weighted by Crippen LogP contribution is -2.03. The minimum atomic E-state index is -2.32. The van der Waals surface area contributed by atoms with E-state index in [9.17, 15) is 8.76 Å². The smallest absolute Gasteiger partial charge is 0.155 e. The SMILES string of the molecule is O=S([O-])Nc1cnccn1. The summed E-state index contributed by atoms with van der Waals surface area (Å²) in [6.45, 7) is 0. The summed E-state index contributed by atoms with van der Waals surface area (Å²) in [6.07, 6.45) is 4.17. The summed E-state index contributed by atoms with van der Waals surface area (Å²) in [7, 11) is 0. The highest BCUT2D eigenvalue weighted by atomic mass is 32.2. The van der Waals surface area contributed by atoms with E-state index < -0.39 is 11.3 Å². The predicted molar refractivity (Wildman–Crippen MR) is 34.6 cm³/mol. The molecular weight excluding hydrogens is 154 g/mol. The van der Waals surface area contributed by atoms with E-state index in [0.29, 0.717) is 0 Å². The van der Waals surface area contributed by atoms with Gasteiger partial charge in [0.2, 0.25) is 0 Å².